The number of hydrogen-bond donors (Lipinski definition) is 1. The third-order valence-corrected chi connectivity index (χ3v) is 1.20. The molecular formula is C4H3N2OS. The highest BCUT2D eigenvalue weighted by Gasteiger charge is 1.87. The van der Waals surface area contributed by atoms with Gasteiger partial charge in [-0.2, -0.15) is 0 Å². The highest BCUT2D eigenvalue weighted by atomic mass is 32.1. The fourth-order valence-corrected chi connectivity index (χ4v) is 0.811. The van der Waals surface area contributed by atoms with Crippen LogP contribution in [0, 0.1) is 0 Å². The van der Waals surface area contributed by atoms with Gasteiger partial charge in [0.25, 0.3) is 0 Å². The lowest BCUT2D eigenvalue weighted by molar-refractivity contribution is 0.561. The van der Waals surface area contributed by atoms with Crippen molar-refractivity contribution in [1.82, 2.24) is 4.98 Å². The van der Waals surface area contributed by atoms with E-state index < -0.39 is 0 Å². The van der Waals surface area contributed by atoms with Crippen molar-refractivity contribution in [2.24, 2.45) is 0 Å². The summed E-state index contributed by atoms with van der Waals surface area (Å²) < 4.78 is 0. The second-order valence-electron chi connectivity index (χ2n) is 1.10. The van der Waals surface area contributed by atoms with Crippen LogP contribution in [-0.2, 0) is 4.79 Å². The van der Waals surface area contributed by atoms with Crippen LogP contribution in [-0.4, -0.2) is 11.4 Å². The topological polar surface area (TPSA) is 42.0 Å². The summed E-state index contributed by atoms with van der Waals surface area (Å²) in [6.07, 6.45) is 1.51. The van der Waals surface area contributed by atoms with Gasteiger partial charge in [-0.3, -0.25) is 4.79 Å². The summed E-state index contributed by atoms with van der Waals surface area (Å²) in [6, 6.07) is 0. The number of anilines is 1. The molecular weight excluding hydrogens is 124 g/mol. The first-order valence-electron chi connectivity index (χ1n) is 1.95. The molecule has 0 spiro atoms. The summed E-state index contributed by atoms with van der Waals surface area (Å²) in [6.45, 7) is 0. The van der Waals surface area contributed by atoms with Crippen LogP contribution in [0.4, 0.5) is 5.82 Å². The zero-order valence-electron chi connectivity index (χ0n) is 3.92. The van der Waals surface area contributed by atoms with E-state index in [0.29, 0.717) is 5.82 Å². The Hall–Kier alpha value is -0.900. The van der Waals surface area contributed by atoms with Crippen LogP contribution in [0.3, 0.4) is 0 Å². The lowest BCUT2D eigenvalue weighted by Gasteiger charge is -1.81. The Kier molecular flexibility index (Phi) is 1.58. The molecule has 0 aliphatic carbocycles. The molecule has 1 N–H and O–H groups in total. The summed E-state index contributed by atoms with van der Waals surface area (Å²) in [5.74, 6) is 0.560. The summed E-state index contributed by atoms with van der Waals surface area (Å²) in [5.41, 5.74) is 1.64. The average Bonchev–Trinajstić information content (AvgIpc) is 2.19. The fourth-order valence-electron chi connectivity index (χ4n) is 0.327. The van der Waals surface area contributed by atoms with Gasteiger partial charge < -0.3 is 5.32 Å². The molecule has 0 atom stereocenters. The van der Waals surface area contributed by atoms with E-state index >= 15 is 0 Å². The Labute approximate surface area is 50.4 Å². The summed E-state index contributed by atoms with van der Waals surface area (Å²) in [7, 11) is 0. The van der Waals surface area contributed by atoms with Gasteiger partial charge in [-0.1, -0.05) is 0 Å². The molecule has 1 radical (unpaired) electrons. The van der Waals surface area contributed by atoms with Crippen molar-refractivity contribution < 1.29 is 4.79 Å². The maximum Gasteiger partial charge on any atom is 0.315 e. The standard InChI is InChI=1S/C4H3N2OS/c7-2-5-4-1-8-3-6-4/h1,3H,(H,5,7). The first kappa shape index (κ1) is 5.24. The van der Waals surface area contributed by atoms with E-state index in [0.717, 1.165) is 0 Å². The Morgan fingerprint density at radius 3 is 3.25 bits per heavy atom. The third-order valence-electron chi connectivity index (χ3n) is 0.611. The van der Waals surface area contributed by atoms with Crippen LogP contribution in [0.1, 0.15) is 0 Å². The Bertz CT molecular complexity index is 161. The predicted molar refractivity (Wildman–Crippen MR) is 31.4 cm³/mol. The van der Waals surface area contributed by atoms with Crippen molar-refractivity contribution in [2.75, 3.05) is 5.32 Å². The van der Waals surface area contributed by atoms with Crippen LogP contribution >= 0.6 is 11.3 Å². The molecule has 0 aliphatic heterocycles. The number of carbonyl (C=O) groups excluding carboxylic acids is 1. The Balaban J connectivity index is 2.62. The molecule has 41 valence electrons. The molecule has 3 nitrogen and oxygen atoms in total. The maximum atomic E-state index is 9.60. The minimum absolute atomic E-state index is 0.560. The normalized spacial score (nSPS) is 8.50. The van der Waals surface area contributed by atoms with Gasteiger partial charge in [0, 0.05) is 5.38 Å². The van der Waals surface area contributed by atoms with Crippen LogP contribution in [0.15, 0.2) is 10.9 Å². The molecule has 1 amide bonds. The van der Waals surface area contributed by atoms with Crippen molar-refractivity contribution in [1.29, 1.82) is 0 Å². The molecule has 0 saturated heterocycles. The van der Waals surface area contributed by atoms with Gasteiger partial charge in [-0.15, -0.1) is 11.3 Å². The first-order valence-corrected chi connectivity index (χ1v) is 2.89. The molecule has 0 fully saturated rings. The van der Waals surface area contributed by atoms with E-state index in [1.807, 2.05) is 0 Å². The lowest BCUT2D eigenvalue weighted by atomic mass is 10.8. The van der Waals surface area contributed by atoms with Gasteiger partial charge in [-0.05, 0) is 0 Å². The van der Waals surface area contributed by atoms with Gasteiger partial charge in [0.1, 0.15) is 5.82 Å². The van der Waals surface area contributed by atoms with Crippen molar-refractivity contribution in [3.05, 3.63) is 10.9 Å². The largest absolute Gasteiger partial charge is 0.315 e. The van der Waals surface area contributed by atoms with Gasteiger partial charge in [-0.25, -0.2) is 4.98 Å². The number of nitrogens with one attached hydrogen (secondary N) is 1. The van der Waals surface area contributed by atoms with Gasteiger partial charge >= 0.3 is 6.41 Å². The van der Waals surface area contributed by atoms with E-state index in [2.05, 4.69) is 10.3 Å². The highest BCUT2D eigenvalue weighted by molar-refractivity contribution is 7.07. The van der Waals surface area contributed by atoms with E-state index in [9.17, 15) is 4.79 Å². The molecule has 4 heteroatoms. The van der Waals surface area contributed by atoms with Crippen LogP contribution in [0.25, 0.3) is 0 Å². The highest BCUT2D eigenvalue weighted by Crippen LogP contribution is 2.03. The lowest BCUT2D eigenvalue weighted by Crippen LogP contribution is -1.91. The summed E-state index contributed by atoms with van der Waals surface area (Å²) >= 11 is 1.43. The minimum atomic E-state index is 0.560. The average molecular weight is 127 g/mol. The Morgan fingerprint density at radius 1 is 1.88 bits per heavy atom. The van der Waals surface area contributed by atoms with Gasteiger partial charge in [0.2, 0.25) is 0 Å². The molecule has 0 aromatic carbocycles. The first-order chi connectivity index (χ1) is 3.93. The SMILES string of the molecule is O=[C]Nc1cscn1. The zero-order chi connectivity index (χ0) is 5.82. The van der Waals surface area contributed by atoms with Gasteiger partial charge in [0.05, 0.1) is 5.51 Å². The zero-order valence-corrected chi connectivity index (χ0v) is 4.73. The van der Waals surface area contributed by atoms with E-state index in [4.69, 9.17) is 0 Å². The number of nitrogens with zero attached hydrogens (tertiary/aromatic N) is 1. The van der Waals surface area contributed by atoms with Gasteiger partial charge in [0.15, 0.2) is 0 Å². The quantitative estimate of drug-likeness (QED) is 0.592. The monoisotopic (exact) mass is 127 g/mol. The minimum Gasteiger partial charge on any atom is -0.302 e. The Morgan fingerprint density at radius 2 is 2.75 bits per heavy atom. The predicted octanol–water partition coefficient (Wildman–Crippen LogP) is 0.622. The second-order valence-corrected chi connectivity index (χ2v) is 1.82. The van der Waals surface area contributed by atoms with Crippen LogP contribution in [0.5, 0.6) is 0 Å². The van der Waals surface area contributed by atoms with E-state index in [-0.39, 0.29) is 0 Å². The van der Waals surface area contributed by atoms with Crippen molar-refractivity contribution in [2.45, 2.75) is 0 Å². The fraction of sp³-hybridized carbons (Fsp3) is 0. The van der Waals surface area contributed by atoms with Crippen LogP contribution < -0.4 is 5.32 Å². The molecule has 1 heterocycles. The molecule has 1 aromatic rings. The van der Waals surface area contributed by atoms with Crippen molar-refractivity contribution in [3.8, 4) is 0 Å². The van der Waals surface area contributed by atoms with Crippen LogP contribution in [0.2, 0.25) is 0 Å². The second kappa shape index (κ2) is 2.42. The van der Waals surface area contributed by atoms with Crippen molar-refractivity contribution >= 4 is 23.6 Å². The molecule has 0 saturated carbocycles. The molecule has 8 heavy (non-hydrogen) atoms. The summed E-state index contributed by atoms with van der Waals surface area (Å²) in [5, 5.41) is 4.01. The smallest absolute Gasteiger partial charge is 0.302 e. The molecule has 1 aromatic heterocycles. The number of hydrogen-bond acceptors (Lipinski definition) is 3. The summed E-state index contributed by atoms with van der Waals surface area (Å²) in [4.78, 5) is 13.4. The van der Waals surface area contributed by atoms with E-state index in [1.165, 1.54) is 17.7 Å². The number of thiazole rings is 1. The molecule has 1 rings (SSSR count). The third kappa shape index (κ3) is 1.04. The number of aromatic nitrogens is 1. The molecule has 0 bridgehead atoms. The number of amides is 1. The van der Waals surface area contributed by atoms with E-state index in [1.54, 1.807) is 10.9 Å². The molecule has 0 aliphatic rings. The molecule has 0 unspecified atom stereocenters. The maximum absolute atomic E-state index is 9.60. The van der Waals surface area contributed by atoms with Crippen molar-refractivity contribution in [3.63, 3.8) is 0 Å². The number of rotatable bonds is 2.